The standard InChI is InChI=1S/C11H21NO/c13-11-7-3-1-2-5-9-12-10-6-4-8-11/h12H,1-10H2. The summed E-state index contributed by atoms with van der Waals surface area (Å²) in [5.41, 5.74) is 0. The minimum Gasteiger partial charge on any atom is -0.317 e. The lowest BCUT2D eigenvalue weighted by atomic mass is 10.1. The van der Waals surface area contributed by atoms with Crippen molar-refractivity contribution in [3.63, 3.8) is 0 Å². The van der Waals surface area contributed by atoms with Crippen LogP contribution >= 0.6 is 0 Å². The average molecular weight is 183 g/mol. The Labute approximate surface area is 81.1 Å². The molecule has 0 aliphatic carbocycles. The van der Waals surface area contributed by atoms with Crippen molar-refractivity contribution in [1.82, 2.24) is 5.32 Å². The molecule has 76 valence electrons. The van der Waals surface area contributed by atoms with Crippen molar-refractivity contribution in [2.24, 2.45) is 0 Å². The number of carbonyl (C=O) groups is 1. The molecule has 2 nitrogen and oxygen atoms in total. The average Bonchev–Trinajstić information content (AvgIpc) is 2.11. The Hall–Kier alpha value is -0.370. The molecule has 0 spiro atoms. The van der Waals surface area contributed by atoms with Gasteiger partial charge in [-0.15, -0.1) is 0 Å². The molecule has 1 saturated heterocycles. The molecular weight excluding hydrogens is 162 g/mol. The second-order valence-corrected chi connectivity index (χ2v) is 3.91. The highest BCUT2D eigenvalue weighted by Crippen LogP contribution is 2.07. The summed E-state index contributed by atoms with van der Waals surface area (Å²) in [5, 5.41) is 3.41. The maximum absolute atomic E-state index is 11.3. The van der Waals surface area contributed by atoms with Crippen LogP contribution in [0, 0.1) is 0 Å². The number of hydrogen-bond donors (Lipinski definition) is 1. The number of hydrogen-bond acceptors (Lipinski definition) is 2. The Morgan fingerprint density at radius 1 is 0.769 bits per heavy atom. The van der Waals surface area contributed by atoms with Gasteiger partial charge in [-0.3, -0.25) is 4.79 Å². The first-order valence-electron chi connectivity index (χ1n) is 5.62. The molecule has 0 aromatic heterocycles. The van der Waals surface area contributed by atoms with Crippen molar-refractivity contribution in [1.29, 1.82) is 0 Å². The van der Waals surface area contributed by atoms with Crippen LogP contribution in [0.3, 0.4) is 0 Å². The van der Waals surface area contributed by atoms with E-state index in [1.165, 1.54) is 19.3 Å². The van der Waals surface area contributed by atoms with Gasteiger partial charge in [0.1, 0.15) is 5.78 Å². The molecule has 0 unspecified atom stereocenters. The maximum atomic E-state index is 11.3. The topological polar surface area (TPSA) is 29.1 Å². The Morgan fingerprint density at radius 2 is 1.31 bits per heavy atom. The Balaban J connectivity index is 2.14. The molecule has 1 N–H and O–H groups in total. The highest BCUT2D eigenvalue weighted by atomic mass is 16.1. The zero-order valence-corrected chi connectivity index (χ0v) is 8.48. The molecular formula is C11H21NO. The van der Waals surface area contributed by atoms with E-state index in [2.05, 4.69) is 5.32 Å². The summed E-state index contributed by atoms with van der Waals surface area (Å²) in [6, 6.07) is 0. The summed E-state index contributed by atoms with van der Waals surface area (Å²) < 4.78 is 0. The van der Waals surface area contributed by atoms with Gasteiger partial charge in [0.05, 0.1) is 0 Å². The van der Waals surface area contributed by atoms with Gasteiger partial charge in [-0.2, -0.15) is 0 Å². The van der Waals surface area contributed by atoms with E-state index in [0.29, 0.717) is 5.78 Å². The number of nitrogens with one attached hydrogen (secondary N) is 1. The zero-order valence-electron chi connectivity index (χ0n) is 8.48. The normalized spacial score (nSPS) is 23.2. The summed E-state index contributed by atoms with van der Waals surface area (Å²) >= 11 is 0. The number of ketones is 1. The lowest BCUT2D eigenvalue weighted by Crippen LogP contribution is -2.17. The smallest absolute Gasteiger partial charge is 0.132 e. The van der Waals surface area contributed by atoms with Crippen LogP contribution in [0.5, 0.6) is 0 Å². The quantitative estimate of drug-likeness (QED) is 0.624. The van der Waals surface area contributed by atoms with Crippen molar-refractivity contribution in [3.8, 4) is 0 Å². The predicted molar refractivity (Wildman–Crippen MR) is 54.8 cm³/mol. The molecule has 1 fully saturated rings. The van der Waals surface area contributed by atoms with E-state index in [4.69, 9.17) is 0 Å². The third-order valence-corrected chi connectivity index (χ3v) is 2.62. The van der Waals surface area contributed by atoms with Crippen LogP contribution in [0.2, 0.25) is 0 Å². The largest absolute Gasteiger partial charge is 0.317 e. The molecule has 0 amide bonds. The molecule has 1 aliphatic rings. The number of rotatable bonds is 0. The van der Waals surface area contributed by atoms with Gasteiger partial charge in [-0.05, 0) is 38.8 Å². The van der Waals surface area contributed by atoms with Gasteiger partial charge in [0.15, 0.2) is 0 Å². The van der Waals surface area contributed by atoms with E-state index >= 15 is 0 Å². The molecule has 1 heterocycles. The molecule has 1 rings (SSSR count). The second-order valence-electron chi connectivity index (χ2n) is 3.91. The summed E-state index contributed by atoms with van der Waals surface area (Å²) in [7, 11) is 0. The highest BCUT2D eigenvalue weighted by molar-refractivity contribution is 5.78. The minimum absolute atomic E-state index is 0.473. The summed E-state index contributed by atoms with van der Waals surface area (Å²) in [6.07, 6.45) is 8.76. The van der Waals surface area contributed by atoms with Gasteiger partial charge in [0, 0.05) is 12.8 Å². The molecule has 1 aliphatic heterocycles. The van der Waals surface area contributed by atoms with Crippen LogP contribution in [-0.2, 0) is 4.79 Å². The van der Waals surface area contributed by atoms with Gasteiger partial charge in [0.2, 0.25) is 0 Å². The van der Waals surface area contributed by atoms with E-state index in [1.807, 2.05) is 0 Å². The van der Waals surface area contributed by atoms with Crippen LogP contribution < -0.4 is 5.32 Å². The summed E-state index contributed by atoms with van der Waals surface area (Å²) in [4.78, 5) is 11.3. The van der Waals surface area contributed by atoms with E-state index < -0.39 is 0 Å². The van der Waals surface area contributed by atoms with E-state index in [1.54, 1.807) is 0 Å². The van der Waals surface area contributed by atoms with Crippen molar-refractivity contribution < 1.29 is 4.79 Å². The monoisotopic (exact) mass is 183 g/mol. The van der Waals surface area contributed by atoms with Crippen LogP contribution in [0.15, 0.2) is 0 Å². The van der Waals surface area contributed by atoms with Crippen molar-refractivity contribution in [2.45, 2.75) is 51.4 Å². The lowest BCUT2D eigenvalue weighted by molar-refractivity contribution is -0.119. The third-order valence-electron chi connectivity index (χ3n) is 2.62. The fourth-order valence-corrected chi connectivity index (χ4v) is 1.75. The van der Waals surface area contributed by atoms with Gasteiger partial charge < -0.3 is 5.32 Å². The summed E-state index contributed by atoms with van der Waals surface area (Å²) in [5.74, 6) is 0.473. The molecule has 0 radical (unpaired) electrons. The first kappa shape index (κ1) is 10.7. The Bertz CT molecular complexity index is 131. The van der Waals surface area contributed by atoms with Gasteiger partial charge in [-0.25, -0.2) is 0 Å². The number of Topliss-reactive ketones (excluding diaryl/α,β-unsaturated/α-hetero) is 1. The van der Waals surface area contributed by atoms with Crippen LogP contribution in [0.25, 0.3) is 0 Å². The fourth-order valence-electron chi connectivity index (χ4n) is 1.75. The maximum Gasteiger partial charge on any atom is 0.132 e. The zero-order chi connectivity index (χ0) is 9.36. The Morgan fingerprint density at radius 3 is 2.08 bits per heavy atom. The molecule has 13 heavy (non-hydrogen) atoms. The third kappa shape index (κ3) is 5.81. The lowest BCUT2D eigenvalue weighted by Gasteiger charge is -2.07. The second kappa shape index (κ2) is 7.07. The summed E-state index contributed by atoms with van der Waals surface area (Å²) in [6.45, 7) is 2.25. The molecule has 0 aromatic rings. The molecule has 0 atom stereocenters. The van der Waals surface area contributed by atoms with E-state index in [9.17, 15) is 4.79 Å². The predicted octanol–water partition coefficient (Wildman–Crippen LogP) is 2.28. The first-order chi connectivity index (χ1) is 6.39. The van der Waals surface area contributed by atoms with Crippen LogP contribution in [0.1, 0.15) is 51.4 Å². The molecule has 2 heteroatoms. The molecule has 0 saturated carbocycles. The van der Waals surface area contributed by atoms with Crippen LogP contribution in [-0.4, -0.2) is 18.9 Å². The van der Waals surface area contributed by atoms with Gasteiger partial charge in [0.25, 0.3) is 0 Å². The Kier molecular flexibility index (Phi) is 5.83. The SMILES string of the molecule is O=C1CCCCCCNCCCC1. The molecule has 0 bridgehead atoms. The van der Waals surface area contributed by atoms with Crippen molar-refractivity contribution in [2.75, 3.05) is 13.1 Å². The van der Waals surface area contributed by atoms with E-state index in [-0.39, 0.29) is 0 Å². The highest BCUT2D eigenvalue weighted by Gasteiger charge is 2.02. The molecule has 0 aromatic carbocycles. The van der Waals surface area contributed by atoms with Gasteiger partial charge >= 0.3 is 0 Å². The van der Waals surface area contributed by atoms with Gasteiger partial charge in [-0.1, -0.05) is 12.8 Å². The van der Waals surface area contributed by atoms with Crippen molar-refractivity contribution >= 4 is 5.78 Å². The first-order valence-corrected chi connectivity index (χ1v) is 5.62. The fraction of sp³-hybridized carbons (Fsp3) is 0.909. The number of carbonyl (C=O) groups excluding carboxylic acids is 1. The minimum atomic E-state index is 0.473. The van der Waals surface area contributed by atoms with E-state index in [0.717, 1.165) is 45.2 Å². The van der Waals surface area contributed by atoms with Crippen LogP contribution in [0.4, 0.5) is 0 Å². The van der Waals surface area contributed by atoms with Crippen molar-refractivity contribution in [3.05, 3.63) is 0 Å².